The van der Waals surface area contributed by atoms with Crippen molar-refractivity contribution in [2.45, 2.75) is 6.54 Å². The van der Waals surface area contributed by atoms with E-state index in [1.54, 1.807) is 23.5 Å². The highest BCUT2D eigenvalue weighted by molar-refractivity contribution is 9.13. The number of nitrogens with one attached hydrogen (secondary N) is 2. The summed E-state index contributed by atoms with van der Waals surface area (Å²) in [5.41, 5.74) is 6.70. The number of urea groups is 1. The predicted octanol–water partition coefficient (Wildman–Crippen LogP) is 4.38. The molecule has 1 heterocycles. The Bertz CT molecular complexity index is 564. The van der Waals surface area contributed by atoms with Gasteiger partial charge < -0.3 is 16.4 Å². The van der Waals surface area contributed by atoms with Crippen LogP contribution < -0.4 is 16.4 Å². The van der Waals surface area contributed by atoms with Gasteiger partial charge in [-0.2, -0.15) is 0 Å². The predicted molar refractivity (Wildman–Crippen MR) is 86.7 cm³/mol. The van der Waals surface area contributed by atoms with Gasteiger partial charge in [0, 0.05) is 27.3 Å². The van der Waals surface area contributed by atoms with Crippen molar-refractivity contribution in [3.05, 3.63) is 43.5 Å². The molecule has 0 fully saturated rings. The van der Waals surface area contributed by atoms with E-state index in [2.05, 4.69) is 48.6 Å². The number of carbonyl (C=O) groups is 1. The smallest absolute Gasteiger partial charge is 0.316 e. The summed E-state index contributed by atoms with van der Waals surface area (Å²) >= 11 is 8.60. The summed E-state index contributed by atoms with van der Waals surface area (Å²) in [6, 6.07) is 8.89. The normalized spacial score (nSPS) is 10.2. The molecule has 0 bridgehead atoms. The van der Waals surface area contributed by atoms with E-state index in [-0.39, 0.29) is 0 Å². The Morgan fingerprint density at radius 2 is 1.84 bits per heavy atom. The van der Waals surface area contributed by atoms with E-state index in [4.69, 9.17) is 5.73 Å². The fourth-order valence-corrected chi connectivity index (χ4v) is 3.60. The summed E-state index contributed by atoms with van der Waals surface area (Å²) in [6.07, 6.45) is 0. The number of carbonyl (C=O) groups excluding carboxylic acids is 1. The van der Waals surface area contributed by atoms with Gasteiger partial charge >= 0.3 is 6.03 Å². The summed E-state index contributed by atoms with van der Waals surface area (Å²) in [5, 5.41) is 5.82. The van der Waals surface area contributed by atoms with Crippen molar-refractivity contribution in [1.82, 2.24) is 0 Å². The Labute approximate surface area is 131 Å². The van der Waals surface area contributed by atoms with Crippen LogP contribution in [0.4, 0.5) is 16.2 Å². The minimum absolute atomic E-state index is 0.561. The number of benzene rings is 1. The molecule has 0 unspecified atom stereocenters. The zero-order valence-electron chi connectivity index (χ0n) is 9.74. The molecule has 0 saturated heterocycles. The van der Waals surface area contributed by atoms with Gasteiger partial charge in [0.2, 0.25) is 0 Å². The van der Waals surface area contributed by atoms with Gasteiger partial charge in [0.25, 0.3) is 0 Å². The Kier molecular flexibility index (Phi) is 4.84. The molecule has 0 saturated carbocycles. The zero-order chi connectivity index (χ0) is 13.8. The molecule has 2 rings (SSSR count). The molecule has 0 radical (unpaired) electrons. The molecular weight excluding hydrogens is 394 g/mol. The molecule has 1 aromatic carbocycles. The molecule has 0 aliphatic carbocycles. The molecule has 1 aromatic heterocycles. The molecule has 0 spiro atoms. The van der Waals surface area contributed by atoms with Crippen LogP contribution in [0.5, 0.6) is 0 Å². The highest BCUT2D eigenvalue weighted by atomic mass is 79.9. The largest absolute Gasteiger partial charge is 0.380 e. The molecule has 2 aromatic rings. The van der Waals surface area contributed by atoms with Crippen molar-refractivity contribution in [2.24, 2.45) is 5.73 Å². The Morgan fingerprint density at radius 1 is 1.21 bits per heavy atom. The second-order valence-electron chi connectivity index (χ2n) is 3.75. The summed E-state index contributed by atoms with van der Waals surface area (Å²) < 4.78 is 2.15. The quantitative estimate of drug-likeness (QED) is 0.707. The number of amides is 2. The number of nitrogens with two attached hydrogens (primary N) is 1. The molecule has 19 heavy (non-hydrogen) atoms. The third-order valence-corrected chi connectivity index (χ3v) is 5.57. The van der Waals surface area contributed by atoms with Gasteiger partial charge in [0.15, 0.2) is 0 Å². The highest BCUT2D eigenvalue weighted by Gasteiger charge is 2.04. The van der Waals surface area contributed by atoms with E-state index in [1.165, 1.54) is 4.88 Å². The number of hydrogen-bond donors (Lipinski definition) is 3. The maximum Gasteiger partial charge on any atom is 0.316 e. The maximum atomic E-state index is 10.7. The maximum absolute atomic E-state index is 10.7. The molecular formula is C12H11Br2N3OS. The van der Waals surface area contributed by atoms with Crippen LogP contribution in [0.2, 0.25) is 0 Å². The van der Waals surface area contributed by atoms with E-state index in [1.807, 2.05) is 12.1 Å². The zero-order valence-corrected chi connectivity index (χ0v) is 13.7. The van der Waals surface area contributed by atoms with Gasteiger partial charge in [-0.1, -0.05) is 0 Å². The molecule has 4 N–H and O–H groups in total. The van der Waals surface area contributed by atoms with E-state index >= 15 is 0 Å². The van der Waals surface area contributed by atoms with Gasteiger partial charge in [-0.05, 0) is 62.2 Å². The van der Waals surface area contributed by atoms with Crippen LogP contribution in [0.1, 0.15) is 4.88 Å². The SMILES string of the molecule is NC(=O)Nc1ccc(NCc2cc(Br)c(Br)s2)cc1. The minimum atomic E-state index is -0.561. The van der Waals surface area contributed by atoms with Crippen LogP contribution >= 0.6 is 43.2 Å². The average molecular weight is 405 g/mol. The minimum Gasteiger partial charge on any atom is -0.380 e. The first-order valence-corrected chi connectivity index (χ1v) is 7.79. The monoisotopic (exact) mass is 403 g/mol. The lowest BCUT2D eigenvalue weighted by Crippen LogP contribution is -2.19. The van der Waals surface area contributed by atoms with E-state index < -0.39 is 6.03 Å². The van der Waals surface area contributed by atoms with Crippen LogP contribution in [-0.2, 0) is 6.54 Å². The van der Waals surface area contributed by atoms with Crippen molar-refractivity contribution in [3.8, 4) is 0 Å². The van der Waals surface area contributed by atoms with E-state index in [0.717, 1.165) is 20.5 Å². The fourth-order valence-electron chi connectivity index (χ4n) is 1.48. The van der Waals surface area contributed by atoms with Crippen LogP contribution in [0.15, 0.2) is 38.6 Å². The van der Waals surface area contributed by atoms with Gasteiger partial charge in [0.05, 0.1) is 3.79 Å². The van der Waals surface area contributed by atoms with E-state index in [9.17, 15) is 4.79 Å². The first kappa shape index (κ1) is 14.4. The van der Waals surface area contributed by atoms with Crippen LogP contribution in [0, 0.1) is 0 Å². The molecule has 100 valence electrons. The Balaban J connectivity index is 1.94. The third-order valence-electron chi connectivity index (χ3n) is 2.32. The standard InChI is InChI=1S/C12H11Br2N3OS/c13-10-5-9(19-11(10)14)6-16-7-1-3-8(4-2-7)17-12(15)18/h1-5,16H,6H2,(H3,15,17,18). The number of hydrogen-bond acceptors (Lipinski definition) is 3. The number of primary amides is 1. The fraction of sp³-hybridized carbons (Fsp3) is 0.0833. The van der Waals surface area contributed by atoms with Crippen molar-refractivity contribution < 1.29 is 4.79 Å². The summed E-state index contributed by atoms with van der Waals surface area (Å²) in [4.78, 5) is 11.9. The van der Waals surface area contributed by atoms with Crippen LogP contribution in [-0.4, -0.2) is 6.03 Å². The lowest BCUT2D eigenvalue weighted by Gasteiger charge is -2.06. The van der Waals surface area contributed by atoms with Gasteiger partial charge in [-0.3, -0.25) is 0 Å². The van der Waals surface area contributed by atoms with Crippen LogP contribution in [0.3, 0.4) is 0 Å². The second-order valence-corrected chi connectivity index (χ2v) is 7.06. The number of thiophene rings is 1. The van der Waals surface area contributed by atoms with Crippen molar-refractivity contribution in [3.63, 3.8) is 0 Å². The van der Waals surface area contributed by atoms with Gasteiger partial charge in [0.1, 0.15) is 0 Å². The summed E-state index contributed by atoms with van der Waals surface area (Å²) in [7, 11) is 0. The highest BCUT2D eigenvalue weighted by Crippen LogP contribution is 2.32. The van der Waals surface area contributed by atoms with Crippen molar-refractivity contribution in [2.75, 3.05) is 10.6 Å². The Hall–Kier alpha value is -1.05. The first-order valence-electron chi connectivity index (χ1n) is 5.38. The van der Waals surface area contributed by atoms with Crippen LogP contribution in [0.25, 0.3) is 0 Å². The molecule has 2 amide bonds. The molecule has 0 aliphatic heterocycles. The summed E-state index contributed by atoms with van der Waals surface area (Å²) in [6.45, 7) is 0.747. The number of anilines is 2. The van der Waals surface area contributed by atoms with Gasteiger partial charge in [-0.25, -0.2) is 4.79 Å². The molecule has 0 aliphatic rings. The molecule has 7 heteroatoms. The topological polar surface area (TPSA) is 67.2 Å². The first-order chi connectivity index (χ1) is 9.04. The second kappa shape index (κ2) is 6.40. The van der Waals surface area contributed by atoms with Crippen molar-refractivity contribution in [1.29, 1.82) is 0 Å². The third kappa shape index (κ3) is 4.22. The average Bonchev–Trinajstić information content (AvgIpc) is 2.67. The lowest BCUT2D eigenvalue weighted by atomic mass is 10.3. The van der Waals surface area contributed by atoms with Crippen molar-refractivity contribution >= 4 is 60.6 Å². The Morgan fingerprint density at radius 3 is 2.37 bits per heavy atom. The molecule has 0 atom stereocenters. The number of rotatable bonds is 4. The molecule has 4 nitrogen and oxygen atoms in total. The lowest BCUT2D eigenvalue weighted by molar-refractivity contribution is 0.259. The summed E-state index contributed by atoms with van der Waals surface area (Å²) in [5.74, 6) is 0. The number of halogens is 2. The van der Waals surface area contributed by atoms with E-state index in [0.29, 0.717) is 5.69 Å². The van der Waals surface area contributed by atoms with Gasteiger partial charge in [-0.15, -0.1) is 11.3 Å².